The summed E-state index contributed by atoms with van der Waals surface area (Å²) < 4.78 is 44.0. The van der Waals surface area contributed by atoms with Gasteiger partial charge in [-0.2, -0.15) is 4.72 Å². The lowest BCUT2D eigenvalue weighted by atomic mass is 10.3. The SMILES string of the molecule is CC(OC(=O)CNS(=O)(=O)c1ccccc1)C(=O)Nc1ccc(F)cc1Cl. The molecular weight excluding hydrogens is 399 g/mol. The maximum absolute atomic E-state index is 13.0. The van der Waals surface area contributed by atoms with Gasteiger partial charge in [0.05, 0.1) is 15.6 Å². The monoisotopic (exact) mass is 414 g/mol. The van der Waals surface area contributed by atoms with Crippen molar-refractivity contribution in [3.63, 3.8) is 0 Å². The van der Waals surface area contributed by atoms with E-state index in [2.05, 4.69) is 10.0 Å². The second-order valence-corrected chi connectivity index (χ2v) is 7.56. The number of esters is 1. The third kappa shape index (κ3) is 6.02. The summed E-state index contributed by atoms with van der Waals surface area (Å²) in [5.74, 6) is -2.21. The fraction of sp³-hybridized carbons (Fsp3) is 0.176. The first-order valence-electron chi connectivity index (χ1n) is 7.69. The molecule has 0 bridgehead atoms. The van der Waals surface area contributed by atoms with Gasteiger partial charge in [0.2, 0.25) is 10.0 Å². The molecule has 10 heteroatoms. The van der Waals surface area contributed by atoms with Gasteiger partial charge in [-0.05, 0) is 37.3 Å². The summed E-state index contributed by atoms with van der Waals surface area (Å²) in [5.41, 5.74) is 0.149. The number of carbonyl (C=O) groups is 2. The number of nitrogens with one attached hydrogen (secondary N) is 2. The Morgan fingerprint density at radius 1 is 1.19 bits per heavy atom. The maximum atomic E-state index is 13.0. The summed E-state index contributed by atoms with van der Waals surface area (Å²) in [6, 6.07) is 10.9. The Morgan fingerprint density at radius 3 is 2.48 bits per heavy atom. The van der Waals surface area contributed by atoms with Crippen LogP contribution in [0.4, 0.5) is 10.1 Å². The summed E-state index contributed by atoms with van der Waals surface area (Å²) in [6.45, 7) is 0.655. The Labute approximate surface area is 160 Å². The number of benzene rings is 2. The van der Waals surface area contributed by atoms with E-state index in [1.165, 1.54) is 25.1 Å². The number of sulfonamides is 1. The van der Waals surface area contributed by atoms with Gasteiger partial charge in [0, 0.05) is 0 Å². The van der Waals surface area contributed by atoms with E-state index in [0.29, 0.717) is 0 Å². The highest BCUT2D eigenvalue weighted by Crippen LogP contribution is 2.22. The normalized spacial score (nSPS) is 12.3. The number of rotatable bonds is 7. The highest BCUT2D eigenvalue weighted by molar-refractivity contribution is 7.89. The lowest BCUT2D eigenvalue weighted by Crippen LogP contribution is -2.35. The number of hydrogen-bond donors (Lipinski definition) is 2. The quantitative estimate of drug-likeness (QED) is 0.677. The van der Waals surface area contributed by atoms with E-state index < -0.39 is 40.4 Å². The van der Waals surface area contributed by atoms with Crippen LogP contribution < -0.4 is 10.0 Å². The zero-order valence-corrected chi connectivity index (χ0v) is 15.7. The minimum atomic E-state index is -3.87. The summed E-state index contributed by atoms with van der Waals surface area (Å²) in [5, 5.41) is 2.37. The van der Waals surface area contributed by atoms with Crippen LogP contribution in [-0.2, 0) is 24.3 Å². The molecule has 144 valence electrons. The van der Waals surface area contributed by atoms with Gasteiger partial charge in [-0.1, -0.05) is 29.8 Å². The van der Waals surface area contributed by atoms with Crippen molar-refractivity contribution < 1.29 is 27.1 Å². The Bertz CT molecular complexity index is 938. The van der Waals surface area contributed by atoms with Crippen LogP contribution in [0, 0.1) is 5.82 Å². The molecule has 0 saturated carbocycles. The molecule has 0 fully saturated rings. The number of anilines is 1. The number of amides is 1. The number of halogens is 2. The lowest BCUT2D eigenvalue weighted by Gasteiger charge is -2.14. The number of carbonyl (C=O) groups excluding carboxylic acids is 2. The fourth-order valence-corrected chi connectivity index (χ4v) is 3.16. The zero-order valence-electron chi connectivity index (χ0n) is 14.1. The maximum Gasteiger partial charge on any atom is 0.321 e. The van der Waals surface area contributed by atoms with Crippen molar-refractivity contribution in [1.29, 1.82) is 0 Å². The van der Waals surface area contributed by atoms with E-state index in [1.807, 2.05) is 0 Å². The molecule has 0 aromatic heterocycles. The molecule has 0 aliphatic carbocycles. The first-order valence-corrected chi connectivity index (χ1v) is 9.55. The first-order chi connectivity index (χ1) is 12.7. The predicted octanol–water partition coefficient (Wildman–Crippen LogP) is 2.33. The van der Waals surface area contributed by atoms with Crippen molar-refractivity contribution in [3.8, 4) is 0 Å². The summed E-state index contributed by atoms with van der Waals surface area (Å²) >= 11 is 5.80. The molecule has 0 aliphatic rings. The van der Waals surface area contributed by atoms with Gasteiger partial charge in [-0.15, -0.1) is 0 Å². The van der Waals surface area contributed by atoms with Crippen LogP contribution >= 0.6 is 11.6 Å². The molecule has 0 saturated heterocycles. The highest BCUT2D eigenvalue weighted by atomic mass is 35.5. The van der Waals surface area contributed by atoms with Crippen LogP contribution in [0.15, 0.2) is 53.4 Å². The van der Waals surface area contributed by atoms with E-state index in [1.54, 1.807) is 18.2 Å². The van der Waals surface area contributed by atoms with Gasteiger partial charge < -0.3 is 10.1 Å². The predicted molar refractivity (Wildman–Crippen MR) is 97.2 cm³/mol. The van der Waals surface area contributed by atoms with Crippen LogP contribution in [0.3, 0.4) is 0 Å². The first kappa shape index (κ1) is 20.8. The van der Waals surface area contributed by atoms with Crippen LogP contribution in [0.1, 0.15) is 6.92 Å². The smallest absolute Gasteiger partial charge is 0.321 e. The molecule has 2 aromatic rings. The van der Waals surface area contributed by atoms with E-state index in [9.17, 15) is 22.4 Å². The van der Waals surface area contributed by atoms with E-state index >= 15 is 0 Å². The molecule has 1 amide bonds. The Morgan fingerprint density at radius 2 is 1.85 bits per heavy atom. The molecule has 7 nitrogen and oxygen atoms in total. The average Bonchev–Trinajstić information content (AvgIpc) is 2.63. The molecule has 0 radical (unpaired) electrons. The second kappa shape index (κ2) is 8.94. The molecule has 0 aliphatic heterocycles. The van der Waals surface area contributed by atoms with E-state index in [0.717, 1.165) is 12.1 Å². The molecule has 1 unspecified atom stereocenters. The summed E-state index contributed by atoms with van der Waals surface area (Å²) in [7, 11) is -3.87. The fourth-order valence-electron chi connectivity index (χ4n) is 1.95. The topological polar surface area (TPSA) is 102 Å². The molecule has 2 aromatic carbocycles. The van der Waals surface area contributed by atoms with Crippen molar-refractivity contribution in [3.05, 3.63) is 59.4 Å². The molecular formula is C17H16ClFN2O5S. The molecule has 0 heterocycles. The average molecular weight is 415 g/mol. The van der Waals surface area contributed by atoms with Gasteiger partial charge in [0.1, 0.15) is 12.4 Å². The highest BCUT2D eigenvalue weighted by Gasteiger charge is 2.21. The van der Waals surface area contributed by atoms with Crippen LogP contribution in [-0.4, -0.2) is 32.9 Å². The summed E-state index contributed by atoms with van der Waals surface area (Å²) in [4.78, 5) is 23.8. The number of ether oxygens (including phenoxy) is 1. The molecule has 0 spiro atoms. The van der Waals surface area contributed by atoms with Crippen LogP contribution in [0.5, 0.6) is 0 Å². The molecule has 2 N–H and O–H groups in total. The van der Waals surface area contributed by atoms with Crippen LogP contribution in [0.2, 0.25) is 5.02 Å². The lowest BCUT2D eigenvalue weighted by molar-refractivity contribution is -0.151. The van der Waals surface area contributed by atoms with Crippen molar-refractivity contribution in [2.45, 2.75) is 17.9 Å². The van der Waals surface area contributed by atoms with Crippen molar-refractivity contribution in [2.24, 2.45) is 0 Å². The zero-order chi connectivity index (χ0) is 20.0. The molecule has 1 atom stereocenters. The van der Waals surface area contributed by atoms with Crippen LogP contribution in [0.25, 0.3) is 0 Å². The summed E-state index contributed by atoms with van der Waals surface area (Å²) in [6.07, 6.45) is -1.22. The third-order valence-corrected chi connectivity index (χ3v) is 5.06. The minimum Gasteiger partial charge on any atom is -0.452 e. The van der Waals surface area contributed by atoms with E-state index in [4.69, 9.17) is 16.3 Å². The third-order valence-electron chi connectivity index (χ3n) is 3.33. The minimum absolute atomic E-state index is 0.00505. The number of hydrogen-bond acceptors (Lipinski definition) is 5. The molecule has 27 heavy (non-hydrogen) atoms. The van der Waals surface area contributed by atoms with Gasteiger partial charge in [-0.3, -0.25) is 9.59 Å². The Balaban J connectivity index is 1.88. The van der Waals surface area contributed by atoms with Gasteiger partial charge >= 0.3 is 5.97 Å². The van der Waals surface area contributed by atoms with Crippen molar-refractivity contribution in [2.75, 3.05) is 11.9 Å². The molecule has 2 rings (SSSR count). The van der Waals surface area contributed by atoms with Crippen molar-refractivity contribution >= 4 is 39.2 Å². The largest absolute Gasteiger partial charge is 0.452 e. The van der Waals surface area contributed by atoms with Crippen molar-refractivity contribution in [1.82, 2.24) is 4.72 Å². The second-order valence-electron chi connectivity index (χ2n) is 5.38. The van der Waals surface area contributed by atoms with Gasteiger partial charge in [0.25, 0.3) is 5.91 Å². The van der Waals surface area contributed by atoms with E-state index in [-0.39, 0.29) is 15.6 Å². The Hall–Kier alpha value is -2.49. The van der Waals surface area contributed by atoms with Gasteiger partial charge in [-0.25, -0.2) is 12.8 Å². The standard InChI is InChI=1S/C17H16ClFN2O5S/c1-11(17(23)21-15-8-7-12(19)9-14(15)18)26-16(22)10-20-27(24,25)13-5-3-2-4-6-13/h2-9,11,20H,10H2,1H3,(H,21,23). The van der Waals surface area contributed by atoms with Gasteiger partial charge in [0.15, 0.2) is 6.10 Å². The Kier molecular flexibility index (Phi) is 6.89.